The van der Waals surface area contributed by atoms with Crippen LogP contribution < -0.4 is 5.32 Å². The number of aromatic amines is 2. The number of H-pyrrole nitrogens is 2. The first kappa shape index (κ1) is 26.6. The summed E-state index contributed by atoms with van der Waals surface area (Å²) in [5.41, 5.74) is 7.47. The van der Waals surface area contributed by atoms with Gasteiger partial charge in [-0.1, -0.05) is 12.1 Å². The van der Waals surface area contributed by atoms with Crippen LogP contribution in [-0.4, -0.2) is 56.6 Å². The highest BCUT2D eigenvalue weighted by Gasteiger charge is 2.17. The van der Waals surface area contributed by atoms with E-state index in [0.29, 0.717) is 39.2 Å². The molecule has 11 heteroatoms. The van der Waals surface area contributed by atoms with Gasteiger partial charge in [-0.15, -0.1) is 0 Å². The first-order chi connectivity index (χ1) is 19.6. The predicted octanol–water partition coefficient (Wildman–Crippen LogP) is 5.78. The highest BCUT2D eigenvalue weighted by atomic mass is 32.2. The van der Waals surface area contributed by atoms with E-state index in [2.05, 4.69) is 56.4 Å². The third-order valence-corrected chi connectivity index (χ3v) is 7.68. The molecule has 41 heavy (non-hydrogen) atoms. The van der Waals surface area contributed by atoms with Crippen molar-refractivity contribution in [2.75, 3.05) is 17.3 Å². The molecular weight excluding hydrogens is 541 g/mol. The van der Waals surface area contributed by atoms with Gasteiger partial charge in [0.15, 0.2) is 5.82 Å². The lowest BCUT2D eigenvalue weighted by Gasteiger charge is -2.11. The Hall–Kier alpha value is -4.64. The maximum atomic E-state index is 14.6. The third kappa shape index (κ3) is 5.66. The molecule has 9 nitrogen and oxygen atoms in total. The molecule has 0 saturated heterocycles. The number of hydrogen-bond donors (Lipinski definition) is 3. The van der Waals surface area contributed by atoms with E-state index in [9.17, 15) is 12.8 Å². The summed E-state index contributed by atoms with van der Waals surface area (Å²) in [6.45, 7) is 4.16. The number of pyridine rings is 2. The monoisotopic (exact) mass is 569 g/mol. The standard InChI is InChI=1S/C30H28FN7O2S/c1-17(2)34-23-11-21(13-32-14-23)19-4-5-26-24(12-19)29(38-37-26)30-35-27-16-33-15-25(28(27)36-30)20-8-18(9-22(31)10-20)6-7-41(3,39)40/h4-5,8-17,34H,6-7H2,1-3H3,(H,35,36)(H,37,38). The average Bonchev–Trinajstić information content (AvgIpc) is 3.54. The summed E-state index contributed by atoms with van der Waals surface area (Å²) >= 11 is 0. The second-order valence-electron chi connectivity index (χ2n) is 10.5. The molecule has 0 aliphatic rings. The molecule has 0 radical (unpaired) electrons. The molecular formula is C30H28FN7O2S. The molecule has 0 aliphatic carbocycles. The van der Waals surface area contributed by atoms with Gasteiger partial charge in [0.1, 0.15) is 21.3 Å². The Balaban J connectivity index is 1.40. The van der Waals surface area contributed by atoms with Crippen molar-refractivity contribution in [2.45, 2.75) is 26.3 Å². The lowest BCUT2D eigenvalue weighted by atomic mass is 10.0. The van der Waals surface area contributed by atoms with Gasteiger partial charge in [-0.05, 0) is 67.3 Å². The van der Waals surface area contributed by atoms with Crippen LogP contribution in [0, 0.1) is 5.82 Å². The van der Waals surface area contributed by atoms with Crippen molar-refractivity contribution >= 4 is 37.5 Å². The quantitative estimate of drug-likeness (QED) is 0.212. The summed E-state index contributed by atoms with van der Waals surface area (Å²) in [6, 6.07) is 12.9. The Labute approximate surface area is 236 Å². The number of nitrogens with one attached hydrogen (secondary N) is 3. The Morgan fingerprint density at radius 2 is 1.76 bits per heavy atom. The molecule has 0 atom stereocenters. The summed E-state index contributed by atoms with van der Waals surface area (Å²) in [6.07, 6.45) is 8.31. The second-order valence-corrected chi connectivity index (χ2v) is 12.8. The Morgan fingerprint density at radius 1 is 0.927 bits per heavy atom. The van der Waals surface area contributed by atoms with Crippen LogP contribution in [0.2, 0.25) is 0 Å². The lowest BCUT2D eigenvalue weighted by molar-refractivity contribution is 0.600. The van der Waals surface area contributed by atoms with E-state index in [1.807, 2.05) is 18.3 Å². The van der Waals surface area contributed by atoms with Crippen LogP contribution in [0.4, 0.5) is 10.1 Å². The van der Waals surface area contributed by atoms with Gasteiger partial charge < -0.3 is 10.3 Å². The first-order valence-electron chi connectivity index (χ1n) is 13.1. The van der Waals surface area contributed by atoms with Gasteiger partial charge in [-0.25, -0.2) is 17.8 Å². The van der Waals surface area contributed by atoms with Crippen LogP contribution in [0.3, 0.4) is 0 Å². The van der Waals surface area contributed by atoms with E-state index < -0.39 is 15.7 Å². The summed E-state index contributed by atoms with van der Waals surface area (Å²) in [4.78, 5) is 16.9. The highest BCUT2D eigenvalue weighted by Crippen LogP contribution is 2.33. The number of aromatic nitrogens is 6. The maximum absolute atomic E-state index is 14.6. The van der Waals surface area contributed by atoms with Crippen molar-refractivity contribution in [2.24, 2.45) is 0 Å². The molecule has 6 aromatic rings. The van der Waals surface area contributed by atoms with Crippen molar-refractivity contribution in [3.63, 3.8) is 0 Å². The van der Waals surface area contributed by atoms with Gasteiger partial charge in [0.05, 0.1) is 34.2 Å². The molecule has 0 amide bonds. The molecule has 2 aromatic carbocycles. The second kappa shape index (κ2) is 10.4. The van der Waals surface area contributed by atoms with Gasteiger partial charge in [0.2, 0.25) is 0 Å². The zero-order chi connectivity index (χ0) is 28.7. The number of halogens is 1. The summed E-state index contributed by atoms with van der Waals surface area (Å²) < 4.78 is 37.9. The van der Waals surface area contributed by atoms with E-state index in [4.69, 9.17) is 4.98 Å². The predicted molar refractivity (Wildman–Crippen MR) is 160 cm³/mol. The summed E-state index contributed by atoms with van der Waals surface area (Å²) in [5, 5.41) is 11.9. The van der Waals surface area contributed by atoms with Gasteiger partial charge in [0.25, 0.3) is 0 Å². The molecule has 0 bridgehead atoms. The summed E-state index contributed by atoms with van der Waals surface area (Å²) in [5.74, 6) is 0.0275. The number of imidazole rings is 1. The zero-order valence-electron chi connectivity index (χ0n) is 22.7. The minimum Gasteiger partial charge on any atom is -0.382 e. The molecule has 0 fully saturated rings. The smallest absolute Gasteiger partial charge is 0.159 e. The number of fused-ring (bicyclic) bond motifs is 2. The Bertz CT molecular complexity index is 2010. The van der Waals surface area contributed by atoms with Crippen LogP contribution in [0.25, 0.3) is 55.7 Å². The van der Waals surface area contributed by atoms with E-state index >= 15 is 0 Å². The SMILES string of the molecule is CC(C)Nc1cncc(-c2ccc3[nH]nc(-c4nc5c(-c6cc(F)cc(CCS(C)(=O)=O)c6)cncc5[nH]4)c3c2)c1. The normalized spacial score (nSPS) is 12.0. The molecule has 4 heterocycles. The number of anilines is 1. The van der Waals surface area contributed by atoms with Crippen molar-refractivity contribution in [1.29, 1.82) is 0 Å². The number of aryl methyl sites for hydroxylation is 1. The average molecular weight is 570 g/mol. The first-order valence-corrected chi connectivity index (χ1v) is 15.2. The van der Waals surface area contributed by atoms with Gasteiger partial charge in [0, 0.05) is 47.4 Å². The molecule has 0 spiro atoms. The number of benzene rings is 2. The molecule has 0 saturated carbocycles. The Kier molecular flexibility index (Phi) is 6.74. The molecule has 208 valence electrons. The fraction of sp³-hybridized carbons (Fsp3) is 0.200. The van der Waals surface area contributed by atoms with Crippen LogP contribution in [0.5, 0.6) is 0 Å². The van der Waals surface area contributed by atoms with Crippen LogP contribution >= 0.6 is 0 Å². The Morgan fingerprint density at radius 3 is 2.56 bits per heavy atom. The van der Waals surface area contributed by atoms with E-state index in [0.717, 1.165) is 27.7 Å². The fourth-order valence-electron chi connectivity index (χ4n) is 4.89. The number of nitrogens with zero attached hydrogens (tertiary/aromatic N) is 4. The van der Waals surface area contributed by atoms with Crippen LogP contribution in [0.1, 0.15) is 19.4 Å². The molecule has 0 aliphatic heterocycles. The highest BCUT2D eigenvalue weighted by molar-refractivity contribution is 7.90. The van der Waals surface area contributed by atoms with Gasteiger partial charge >= 0.3 is 0 Å². The fourth-order valence-corrected chi connectivity index (χ4v) is 5.50. The van der Waals surface area contributed by atoms with Crippen molar-refractivity contribution in [1.82, 2.24) is 30.1 Å². The minimum atomic E-state index is -3.18. The lowest BCUT2D eigenvalue weighted by Crippen LogP contribution is -2.09. The van der Waals surface area contributed by atoms with E-state index in [1.54, 1.807) is 24.7 Å². The molecule has 4 aromatic heterocycles. The van der Waals surface area contributed by atoms with Crippen LogP contribution in [-0.2, 0) is 16.3 Å². The topological polar surface area (TPSA) is 129 Å². The van der Waals surface area contributed by atoms with Crippen molar-refractivity contribution < 1.29 is 12.8 Å². The van der Waals surface area contributed by atoms with E-state index in [1.165, 1.54) is 18.4 Å². The summed E-state index contributed by atoms with van der Waals surface area (Å²) in [7, 11) is -3.18. The van der Waals surface area contributed by atoms with E-state index in [-0.39, 0.29) is 18.2 Å². The molecule has 6 rings (SSSR count). The number of rotatable bonds is 8. The van der Waals surface area contributed by atoms with Crippen molar-refractivity contribution in [3.8, 4) is 33.8 Å². The number of hydrogen-bond acceptors (Lipinski definition) is 7. The minimum absolute atomic E-state index is 0.0618. The zero-order valence-corrected chi connectivity index (χ0v) is 23.6. The van der Waals surface area contributed by atoms with Crippen molar-refractivity contribution in [3.05, 3.63) is 78.6 Å². The van der Waals surface area contributed by atoms with Crippen LogP contribution in [0.15, 0.2) is 67.3 Å². The molecule has 0 unspecified atom stereocenters. The van der Waals surface area contributed by atoms with Gasteiger partial charge in [-0.2, -0.15) is 5.10 Å². The maximum Gasteiger partial charge on any atom is 0.159 e. The molecule has 3 N–H and O–H groups in total. The van der Waals surface area contributed by atoms with Gasteiger partial charge in [-0.3, -0.25) is 15.1 Å². The third-order valence-electron chi connectivity index (χ3n) is 6.74. The largest absolute Gasteiger partial charge is 0.382 e. The number of sulfone groups is 1.